The molecule has 0 aliphatic carbocycles. The highest BCUT2D eigenvalue weighted by molar-refractivity contribution is 8.01. The topological polar surface area (TPSA) is 0 Å². The van der Waals surface area contributed by atoms with Crippen molar-refractivity contribution in [2.45, 2.75) is 23.3 Å². The van der Waals surface area contributed by atoms with E-state index in [9.17, 15) is 0 Å². The Morgan fingerprint density at radius 2 is 1.11 bits per heavy atom. The third kappa shape index (κ3) is 3.68. The van der Waals surface area contributed by atoms with Gasteiger partial charge in [0.15, 0.2) is 0 Å². The zero-order valence-corrected chi connectivity index (χ0v) is 13.3. The maximum absolute atomic E-state index is 6.49. The average Bonchev–Trinajstić information content (AvgIpc) is 2.39. The molecule has 2 unspecified atom stereocenters. The lowest BCUT2D eigenvalue weighted by Crippen LogP contribution is -1.94. The van der Waals surface area contributed by atoms with Crippen LogP contribution in [0.1, 0.15) is 31.7 Å². The molecule has 0 heterocycles. The largest absolute Gasteiger partial charge is 0.113 e. The van der Waals surface area contributed by atoms with E-state index >= 15 is 0 Å². The smallest absolute Gasteiger partial charge is 0.106 e. The Bertz CT molecular complexity index is 504. The van der Waals surface area contributed by atoms with Crippen molar-refractivity contribution in [1.29, 1.82) is 0 Å². The van der Waals surface area contributed by atoms with E-state index in [2.05, 4.69) is 38.1 Å². The summed E-state index contributed by atoms with van der Waals surface area (Å²) < 4.78 is -0.272. The first-order valence-corrected chi connectivity index (χ1v) is 7.96. The highest BCUT2D eigenvalue weighted by atomic mass is 35.5. The average molecular weight is 311 g/mol. The molecule has 2 atom stereocenters. The first-order valence-electron chi connectivity index (χ1n) is 6.14. The molecule has 3 heteroatoms. The van der Waals surface area contributed by atoms with Crippen LogP contribution >= 0.6 is 35.0 Å². The minimum atomic E-state index is -0.136. The summed E-state index contributed by atoms with van der Waals surface area (Å²) >= 11 is 14.5. The van der Waals surface area contributed by atoms with E-state index in [4.69, 9.17) is 23.2 Å². The first-order chi connectivity index (χ1) is 9.09. The van der Waals surface area contributed by atoms with E-state index in [1.807, 2.05) is 24.3 Å². The Morgan fingerprint density at radius 1 is 0.737 bits per heavy atom. The summed E-state index contributed by atoms with van der Waals surface area (Å²) in [6.45, 7) is 4.14. The molecule has 0 amide bonds. The van der Waals surface area contributed by atoms with Gasteiger partial charge in [-0.15, -0.1) is 35.0 Å². The standard InChI is InChI=1S/C16H16Cl2S/c1-11-7-3-5-9-13(11)15(17)19-16(18)14-10-6-4-8-12(14)2/h3-10,15-16H,1-2H3. The van der Waals surface area contributed by atoms with Crippen LogP contribution in [0.2, 0.25) is 0 Å². The van der Waals surface area contributed by atoms with E-state index in [1.54, 1.807) is 11.8 Å². The third-order valence-electron chi connectivity index (χ3n) is 3.10. The molecule has 19 heavy (non-hydrogen) atoms. The minimum absolute atomic E-state index is 0.136. The fraction of sp³-hybridized carbons (Fsp3) is 0.250. The Balaban J connectivity index is 2.13. The predicted molar refractivity (Wildman–Crippen MR) is 87.1 cm³/mol. The van der Waals surface area contributed by atoms with Crippen LogP contribution in [-0.4, -0.2) is 0 Å². The number of benzene rings is 2. The van der Waals surface area contributed by atoms with Gasteiger partial charge in [-0.25, -0.2) is 0 Å². The maximum atomic E-state index is 6.49. The first kappa shape index (κ1) is 14.8. The highest BCUT2D eigenvalue weighted by Gasteiger charge is 2.18. The Labute approximate surface area is 129 Å². The van der Waals surface area contributed by atoms with Crippen molar-refractivity contribution < 1.29 is 0 Å². The van der Waals surface area contributed by atoms with Gasteiger partial charge in [0, 0.05) is 0 Å². The Morgan fingerprint density at radius 3 is 1.47 bits per heavy atom. The van der Waals surface area contributed by atoms with Crippen molar-refractivity contribution in [3.05, 3.63) is 70.8 Å². The molecule has 0 N–H and O–H groups in total. The molecule has 100 valence electrons. The number of rotatable bonds is 4. The molecule has 2 rings (SSSR count). The number of aryl methyl sites for hydroxylation is 2. The summed E-state index contributed by atoms with van der Waals surface area (Å²) in [5.74, 6) is 0. The van der Waals surface area contributed by atoms with Crippen molar-refractivity contribution in [1.82, 2.24) is 0 Å². The Kier molecular flexibility index (Phi) is 5.20. The van der Waals surface area contributed by atoms with Crippen LogP contribution in [-0.2, 0) is 0 Å². The normalized spacial score (nSPS) is 14.1. The lowest BCUT2D eigenvalue weighted by molar-refractivity contribution is 1.23. The van der Waals surface area contributed by atoms with Gasteiger partial charge in [-0.3, -0.25) is 0 Å². The molecule has 0 aromatic heterocycles. The second-order valence-corrected chi connectivity index (χ2v) is 7.09. The van der Waals surface area contributed by atoms with E-state index in [-0.39, 0.29) is 9.42 Å². The van der Waals surface area contributed by atoms with Gasteiger partial charge in [0.25, 0.3) is 0 Å². The van der Waals surface area contributed by atoms with Crippen molar-refractivity contribution in [2.75, 3.05) is 0 Å². The maximum Gasteiger partial charge on any atom is 0.106 e. The number of hydrogen-bond donors (Lipinski definition) is 0. The molecule has 0 saturated carbocycles. The molecule has 0 fully saturated rings. The summed E-state index contributed by atoms with van der Waals surface area (Å²) in [6, 6.07) is 16.3. The molecule has 2 aromatic carbocycles. The second kappa shape index (κ2) is 6.69. The summed E-state index contributed by atoms with van der Waals surface area (Å²) in [7, 11) is 0. The quantitative estimate of drug-likeness (QED) is 0.605. The SMILES string of the molecule is Cc1ccccc1C(Cl)SC(Cl)c1ccccc1C. The number of hydrogen-bond acceptors (Lipinski definition) is 1. The number of thioether (sulfide) groups is 1. The summed E-state index contributed by atoms with van der Waals surface area (Å²) in [6.07, 6.45) is 0. The molecular weight excluding hydrogens is 295 g/mol. The molecule has 0 aliphatic heterocycles. The molecular formula is C16H16Cl2S. The van der Waals surface area contributed by atoms with Gasteiger partial charge in [-0.05, 0) is 36.1 Å². The molecule has 2 aromatic rings. The van der Waals surface area contributed by atoms with Crippen LogP contribution in [0.4, 0.5) is 0 Å². The molecule has 0 radical (unpaired) electrons. The van der Waals surface area contributed by atoms with E-state index in [1.165, 1.54) is 11.1 Å². The van der Waals surface area contributed by atoms with Gasteiger partial charge < -0.3 is 0 Å². The molecule has 0 aliphatic rings. The third-order valence-corrected chi connectivity index (χ3v) is 5.18. The lowest BCUT2D eigenvalue weighted by Gasteiger charge is -2.17. The van der Waals surface area contributed by atoms with Crippen molar-refractivity contribution in [2.24, 2.45) is 0 Å². The van der Waals surface area contributed by atoms with Gasteiger partial charge >= 0.3 is 0 Å². The van der Waals surface area contributed by atoms with Gasteiger partial charge in [0.1, 0.15) is 9.42 Å². The summed E-state index contributed by atoms with van der Waals surface area (Å²) in [4.78, 5) is 0. The Hall–Kier alpha value is -0.630. The monoisotopic (exact) mass is 310 g/mol. The fourth-order valence-electron chi connectivity index (χ4n) is 1.93. The van der Waals surface area contributed by atoms with E-state index in [0.717, 1.165) is 11.1 Å². The molecule has 0 spiro atoms. The van der Waals surface area contributed by atoms with Crippen LogP contribution in [0.25, 0.3) is 0 Å². The number of alkyl halides is 2. The minimum Gasteiger partial charge on any atom is -0.113 e. The summed E-state index contributed by atoms with van der Waals surface area (Å²) in [5, 5.41) is 0. The lowest BCUT2D eigenvalue weighted by atomic mass is 10.1. The van der Waals surface area contributed by atoms with Crippen LogP contribution < -0.4 is 0 Å². The van der Waals surface area contributed by atoms with E-state index in [0.29, 0.717) is 0 Å². The van der Waals surface area contributed by atoms with Crippen molar-refractivity contribution in [3.63, 3.8) is 0 Å². The zero-order chi connectivity index (χ0) is 13.8. The number of halogens is 2. The molecule has 0 nitrogen and oxygen atoms in total. The van der Waals surface area contributed by atoms with Gasteiger partial charge in [-0.2, -0.15) is 0 Å². The fourth-order valence-corrected chi connectivity index (χ4v) is 4.23. The summed E-state index contributed by atoms with van der Waals surface area (Å²) in [5.41, 5.74) is 4.66. The van der Waals surface area contributed by atoms with E-state index < -0.39 is 0 Å². The van der Waals surface area contributed by atoms with Crippen LogP contribution in [0.15, 0.2) is 48.5 Å². The van der Waals surface area contributed by atoms with Crippen LogP contribution in [0, 0.1) is 13.8 Å². The highest BCUT2D eigenvalue weighted by Crippen LogP contribution is 2.46. The second-order valence-electron chi connectivity index (χ2n) is 4.48. The van der Waals surface area contributed by atoms with Crippen molar-refractivity contribution in [3.8, 4) is 0 Å². The van der Waals surface area contributed by atoms with Crippen LogP contribution in [0.3, 0.4) is 0 Å². The predicted octanol–water partition coefficient (Wildman–Crippen LogP) is 6.21. The van der Waals surface area contributed by atoms with Gasteiger partial charge in [-0.1, -0.05) is 48.5 Å². The zero-order valence-electron chi connectivity index (χ0n) is 10.9. The van der Waals surface area contributed by atoms with Crippen LogP contribution in [0.5, 0.6) is 0 Å². The van der Waals surface area contributed by atoms with Gasteiger partial charge in [0.05, 0.1) is 0 Å². The molecule has 0 saturated heterocycles. The molecule has 0 bridgehead atoms. The van der Waals surface area contributed by atoms with Crippen molar-refractivity contribution >= 4 is 35.0 Å². The van der Waals surface area contributed by atoms with Gasteiger partial charge in [0.2, 0.25) is 0 Å².